The minimum absolute atomic E-state index is 0.599. The standard InChI is InChI=1S/C50H29N5/c51-30-32-17-24-37(34-19-21-35(22-20-34)53-44-13-5-3-11-40(44)42-25-18-33(31-52)28-50(42)53)49(27-32)55-47-16-8-4-12-41(47)43-29-36(23-26-48(43)55)54-45-14-6-1-9-38(45)39-10-2-7-15-46(39)54/h1-29H. The smallest absolute Gasteiger partial charge is 0.0992 e. The van der Waals surface area contributed by atoms with Gasteiger partial charge in [-0.2, -0.15) is 10.5 Å². The van der Waals surface area contributed by atoms with Crippen molar-refractivity contribution in [2.75, 3.05) is 0 Å². The summed E-state index contributed by atoms with van der Waals surface area (Å²) in [6.45, 7) is 0. The lowest BCUT2D eigenvalue weighted by Crippen LogP contribution is -1.99. The van der Waals surface area contributed by atoms with Crippen LogP contribution in [0.3, 0.4) is 0 Å². The SMILES string of the molecule is N#Cc1ccc(-c2ccc(-n3c4ccccc4c4ccc(C#N)cc43)cc2)c(-n2c3ccccc3c3cc(-n4c5ccccc5c5ccccc54)ccc32)c1. The van der Waals surface area contributed by atoms with Crippen LogP contribution in [-0.2, 0) is 0 Å². The van der Waals surface area contributed by atoms with E-state index in [1.54, 1.807) is 0 Å². The molecule has 0 radical (unpaired) electrons. The van der Waals surface area contributed by atoms with Gasteiger partial charge in [-0.15, -0.1) is 0 Å². The average molecular weight is 700 g/mol. The number of benzene rings is 8. The maximum atomic E-state index is 10.1. The summed E-state index contributed by atoms with van der Waals surface area (Å²) in [6.07, 6.45) is 0. The Morgan fingerprint density at radius 2 is 0.782 bits per heavy atom. The van der Waals surface area contributed by atoms with Crippen LogP contribution in [0.4, 0.5) is 0 Å². The molecule has 0 amide bonds. The lowest BCUT2D eigenvalue weighted by molar-refractivity contribution is 1.16. The van der Waals surface area contributed by atoms with Crippen LogP contribution < -0.4 is 0 Å². The van der Waals surface area contributed by atoms with E-state index in [1.807, 2.05) is 30.3 Å². The molecular weight excluding hydrogens is 671 g/mol. The topological polar surface area (TPSA) is 62.4 Å². The van der Waals surface area contributed by atoms with E-state index < -0.39 is 0 Å². The number of fused-ring (bicyclic) bond motifs is 9. The molecule has 0 aliphatic rings. The second-order valence-electron chi connectivity index (χ2n) is 14.0. The first-order valence-electron chi connectivity index (χ1n) is 18.3. The van der Waals surface area contributed by atoms with Crippen molar-refractivity contribution >= 4 is 65.4 Å². The van der Waals surface area contributed by atoms with Gasteiger partial charge in [0.2, 0.25) is 0 Å². The maximum absolute atomic E-state index is 10.1. The van der Waals surface area contributed by atoms with E-state index in [4.69, 9.17) is 0 Å². The highest BCUT2D eigenvalue weighted by molar-refractivity contribution is 6.13. The van der Waals surface area contributed by atoms with Crippen molar-refractivity contribution in [2.45, 2.75) is 0 Å². The van der Waals surface area contributed by atoms with E-state index >= 15 is 0 Å². The lowest BCUT2D eigenvalue weighted by atomic mass is 10.0. The van der Waals surface area contributed by atoms with Gasteiger partial charge in [-0.25, -0.2) is 0 Å². The number of nitrogens with zero attached hydrogens (tertiary/aromatic N) is 5. The fraction of sp³-hybridized carbons (Fsp3) is 0. The largest absolute Gasteiger partial charge is 0.309 e. The molecule has 0 aliphatic carbocycles. The van der Waals surface area contributed by atoms with Gasteiger partial charge in [0.25, 0.3) is 0 Å². The monoisotopic (exact) mass is 699 g/mol. The van der Waals surface area contributed by atoms with Crippen LogP contribution in [0.15, 0.2) is 176 Å². The van der Waals surface area contributed by atoms with Crippen molar-refractivity contribution in [3.8, 4) is 40.3 Å². The van der Waals surface area contributed by atoms with E-state index in [2.05, 4.69) is 171 Å². The molecule has 0 bridgehead atoms. The maximum Gasteiger partial charge on any atom is 0.0992 e. The second-order valence-corrected chi connectivity index (χ2v) is 14.0. The molecule has 0 saturated carbocycles. The van der Waals surface area contributed by atoms with Crippen molar-refractivity contribution in [3.05, 3.63) is 187 Å². The normalized spacial score (nSPS) is 11.6. The molecule has 8 aromatic carbocycles. The molecule has 11 aromatic rings. The molecule has 11 rings (SSSR count). The molecule has 55 heavy (non-hydrogen) atoms. The first kappa shape index (κ1) is 30.7. The van der Waals surface area contributed by atoms with Crippen molar-refractivity contribution in [1.29, 1.82) is 10.5 Å². The molecule has 0 aliphatic heterocycles. The molecule has 3 aromatic heterocycles. The Hall–Kier alpha value is -7.86. The fourth-order valence-corrected chi connectivity index (χ4v) is 8.70. The molecule has 0 atom stereocenters. The minimum atomic E-state index is 0.599. The summed E-state index contributed by atoms with van der Waals surface area (Å²) >= 11 is 0. The van der Waals surface area contributed by atoms with E-state index in [1.165, 1.54) is 21.8 Å². The van der Waals surface area contributed by atoms with Gasteiger partial charge < -0.3 is 13.7 Å². The van der Waals surface area contributed by atoms with Gasteiger partial charge in [0, 0.05) is 49.3 Å². The quantitative estimate of drug-likeness (QED) is 0.184. The zero-order chi connectivity index (χ0) is 36.6. The van der Waals surface area contributed by atoms with Crippen LogP contribution in [0.25, 0.3) is 93.6 Å². The third kappa shape index (κ3) is 4.51. The predicted octanol–water partition coefficient (Wildman–Crippen LogP) is 12.4. The van der Waals surface area contributed by atoms with Gasteiger partial charge in [-0.1, -0.05) is 97.1 Å². The van der Waals surface area contributed by atoms with E-state index in [0.29, 0.717) is 11.1 Å². The zero-order valence-electron chi connectivity index (χ0n) is 29.5. The van der Waals surface area contributed by atoms with Crippen LogP contribution in [-0.4, -0.2) is 13.7 Å². The summed E-state index contributed by atoms with van der Waals surface area (Å²) in [6, 6.07) is 66.0. The molecule has 5 nitrogen and oxygen atoms in total. The fourth-order valence-electron chi connectivity index (χ4n) is 8.70. The number of para-hydroxylation sites is 4. The molecule has 0 unspecified atom stereocenters. The van der Waals surface area contributed by atoms with Gasteiger partial charge in [-0.05, 0) is 84.4 Å². The van der Waals surface area contributed by atoms with Gasteiger partial charge in [-0.3, -0.25) is 0 Å². The van der Waals surface area contributed by atoms with Crippen LogP contribution in [0.1, 0.15) is 11.1 Å². The molecule has 0 spiro atoms. The van der Waals surface area contributed by atoms with E-state index in [9.17, 15) is 10.5 Å². The van der Waals surface area contributed by atoms with E-state index in [0.717, 1.165) is 71.8 Å². The summed E-state index contributed by atoms with van der Waals surface area (Å²) < 4.78 is 6.90. The minimum Gasteiger partial charge on any atom is -0.309 e. The first-order chi connectivity index (χ1) is 27.2. The van der Waals surface area contributed by atoms with Crippen LogP contribution in [0, 0.1) is 22.7 Å². The Labute approximate surface area is 316 Å². The number of hydrogen-bond donors (Lipinski definition) is 0. The van der Waals surface area contributed by atoms with Crippen LogP contribution >= 0.6 is 0 Å². The molecule has 3 heterocycles. The Bertz CT molecular complexity index is 3400. The predicted molar refractivity (Wildman–Crippen MR) is 224 cm³/mol. The number of nitriles is 2. The van der Waals surface area contributed by atoms with Crippen molar-refractivity contribution in [1.82, 2.24) is 13.7 Å². The van der Waals surface area contributed by atoms with Crippen molar-refractivity contribution in [2.24, 2.45) is 0 Å². The van der Waals surface area contributed by atoms with Gasteiger partial charge in [0.1, 0.15) is 0 Å². The van der Waals surface area contributed by atoms with Crippen molar-refractivity contribution in [3.63, 3.8) is 0 Å². The zero-order valence-corrected chi connectivity index (χ0v) is 29.5. The van der Waals surface area contributed by atoms with Crippen LogP contribution in [0.5, 0.6) is 0 Å². The molecule has 0 N–H and O–H groups in total. The first-order valence-corrected chi connectivity index (χ1v) is 18.3. The number of aromatic nitrogens is 3. The highest BCUT2D eigenvalue weighted by Crippen LogP contribution is 2.40. The Kier molecular flexibility index (Phi) is 6.61. The summed E-state index contributed by atoms with van der Waals surface area (Å²) in [4.78, 5) is 0. The molecular formula is C50H29N5. The van der Waals surface area contributed by atoms with Gasteiger partial charge >= 0.3 is 0 Å². The lowest BCUT2D eigenvalue weighted by Gasteiger charge is -2.16. The average Bonchev–Trinajstić information content (AvgIpc) is 3.88. The van der Waals surface area contributed by atoms with Gasteiger partial charge in [0.15, 0.2) is 0 Å². The highest BCUT2D eigenvalue weighted by atomic mass is 15.0. The van der Waals surface area contributed by atoms with Gasteiger partial charge in [0.05, 0.1) is 62.1 Å². The molecule has 254 valence electrons. The summed E-state index contributed by atoms with van der Waals surface area (Å²) in [5.41, 5.74) is 12.9. The number of hydrogen-bond acceptors (Lipinski definition) is 2. The molecule has 0 fully saturated rings. The summed E-state index contributed by atoms with van der Waals surface area (Å²) in [5.74, 6) is 0. The second kappa shape index (κ2) is 11.8. The number of rotatable bonds is 4. The third-order valence-electron chi connectivity index (χ3n) is 11.1. The van der Waals surface area contributed by atoms with Crippen LogP contribution in [0.2, 0.25) is 0 Å². The Balaban J connectivity index is 1.10. The molecule has 5 heteroatoms. The Morgan fingerprint density at radius 1 is 0.327 bits per heavy atom. The third-order valence-corrected chi connectivity index (χ3v) is 11.1. The summed E-state index contributed by atoms with van der Waals surface area (Å²) in [5, 5.41) is 26.9. The van der Waals surface area contributed by atoms with Crippen molar-refractivity contribution < 1.29 is 0 Å². The Morgan fingerprint density at radius 3 is 1.38 bits per heavy atom. The van der Waals surface area contributed by atoms with E-state index in [-0.39, 0.29) is 0 Å². The summed E-state index contributed by atoms with van der Waals surface area (Å²) in [7, 11) is 0. The highest BCUT2D eigenvalue weighted by Gasteiger charge is 2.19. The molecule has 0 saturated heterocycles.